The van der Waals surface area contributed by atoms with Crippen molar-refractivity contribution in [3.8, 4) is 0 Å². The Morgan fingerprint density at radius 1 is 1.06 bits per heavy atom. The van der Waals surface area contributed by atoms with Crippen molar-refractivity contribution in [1.82, 2.24) is 15.2 Å². The van der Waals surface area contributed by atoms with E-state index in [2.05, 4.69) is 15.6 Å². The first-order valence-corrected chi connectivity index (χ1v) is 10.5. The van der Waals surface area contributed by atoms with E-state index in [4.69, 9.17) is 0 Å². The maximum Gasteiger partial charge on any atom is 0.256 e. The monoisotopic (exact) mass is 414 g/mol. The van der Waals surface area contributed by atoms with Gasteiger partial charge < -0.3 is 15.5 Å². The zero-order chi connectivity index (χ0) is 21.6. The largest absolute Gasteiger partial charge is 0.355 e. The highest BCUT2D eigenvalue weighted by Gasteiger charge is 2.31. The molecular formula is C25H26N4O2. The predicted octanol–water partition coefficient (Wildman–Crippen LogP) is 4.44. The average Bonchev–Trinajstić information content (AvgIpc) is 3.29. The van der Waals surface area contributed by atoms with Gasteiger partial charge in [-0.3, -0.25) is 14.6 Å². The van der Waals surface area contributed by atoms with Gasteiger partial charge in [0.2, 0.25) is 5.91 Å². The van der Waals surface area contributed by atoms with Gasteiger partial charge in [-0.05, 0) is 54.8 Å². The quantitative estimate of drug-likeness (QED) is 0.625. The van der Waals surface area contributed by atoms with Gasteiger partial charge >= 0.3 is 0 Å². The fourth-order valence-corrected chi connectivity index (χ4v) is 3.98. The molecule has 1 aliphatic rings. The Labute approximate surface area is 182 Å². The highest BCUT2D eigenvalue weighted by atomic mass is 16.2. The molecule has 1 saturated heterocycles. The normalized spacial score (nSPS) is 15.5. The van der Waals surface area contributed by atoms with Crippen molar-refractivity contribution in [2.24, 2.45) is 0 Å². The molecular weight excluding hydrogens is 388 g/mol. The summed E-state index contributed by atoms with van der Waals surface area (Å²) in [7, 11) is 0. The number of amides is 2. The molecule has 3 aromatic rings. The van der Waals surface area contributed by atoms with Gasteiger partial charge in [0.1, 0.15) is 0 Å². The number of anilines is 2. The van der Waals surface area contributed by atoms with Crippen molar-refractivity contribution in [3.05, 3.63) is 89.7 Å². The zero-order valence-corrected chi connectivity index (χ0v) is 17.5. The number of rotatable bonds is 6. The number of hydrogen-bond acceptors (Lipinski definition) is 4. The number of nitrogens with zero attached hydrogens (tertiary/aromatic N) is 2. The van der Waals surface area contributed by atoms with Gasteiger partial charge in [-0.15, -0.1) is 0 Å². The lowest BCUT2D eigenvalue weighted by atomic mass is 10.0. The molecule has 0 saturated carbocycles. The van der Waals surface area contributed by atoms with Crippen molar-refractivity contribution in [3.63, 3.8) is 0 Å². The molecule has 1 fully saturated rings. The van der Waals surface area contributed by atoms with Crippen LogP contribution in [-0.4, -0.2) is 28.2 Å². The predicted molar refractivity (Wildman–Crippen MR) is 121 cm³/mol. The topological polar surface area (TPSA) is 74.3 Å². The molecule has 158 valence electrons. The van der Waals surface area contributed by atoms with Gasteiger partial charge in [-0.1, -0.05) is 30.3 Å². The SMILES string of the molecule is CC(=O)NCc1cc(C2CCCN2C(=O)c2ccccc2Nc2ccccc2)ccn1. The third-order valence-corrected chi connectivity index (χ3v) is 5.47. The molecule has 1 atom stereocenters. The third-order valence-electron chi connectivity index (χ3n) is 5.47. The number of pyridine rings is 1. The first-order chi connectivity index (χ1) is 15.1. The standard InChI is InChI=1S/C25H26N4O2/c1-18(30)27-17-21-16-19(13-14-26-21)24-12-7-15-29(24)25(31)22-10-5-6-11-23(22)28-20-8-3-2-4-9-20/h2-6,8-11,13-14,16,24,28H,7,12,15,17H2,1H3,(H,27,30). The van der Waals surface area contributed by atoms with Crippen LogP contribution in [0.4, 0.5) is 11.4 Å². The molecule has 4 rings (SSSR count). The minimum Gasteiger partial charge on any atom is -0.355 e. The molecule has 1 aliphatic heterocycles. The highest BCUT2D eigenvalue weighted by Crippen LogP contribution is 2.34. The van der Waals surface area contributed by atoms with Crippen molar-refractivity contribution in [2.75, 3.05) is 11.9 Å². The Hall–Kier alpha value is -3.67. The Bertz CT molecular complexity index is 1070. The van der Waals surface area contributed by atoms with Crippen LogP contribution in [0, 0.1) is 0 Å². The number of aromatic nitrogens is 1. The minimum atomic E-state index is -0.0904. The van der Waals surface area contributed by atoms with Crippen LogP contribution in [0.5, 0.6) is 0 Å². The molecule has 6 heteroatoms. The highest BCUT2D eigenvalue weighted by molar-refractivity contribution is 6.00. The Morgan fingerprint density at radius 3 is 2.65 bits per heavy atom. The molecule has 0 bridgehead atoms. The van der Waals surface area contributed by atoms with E-state index in [-0.39, 0.29) is 17.9 Å². The van der Waals surface area contributed by atoms with Gasteiger partial charge in [0.15, 0.2) is 0 Å². The van der Waals surface area contributed by atoms with Crippen LogP contribution in [0.25, 0.3) is 0 Å². The van der Waals surface area contributed by atoms with E-state index >= 15 is 0 Å². The molecule has 31 heavy (non-hydrogen) atoms. The minimum absolute atomic E-state index is 0.00337. The van der Waals surface area contributed by atoms with E-state index in [0.717, 1.165) is 35.5 Å². The van der Waals surface area contributed by atoms with Crippen LogP contribution in [-0.2, 0) is 11.3 Å². The number of hydrogen-bond donors (Lipinski definition) is 2. The number of carbonyl (C=O) groups is 2. The second-order valence-electron chi connectivity index (χ2n) is 7.68. The van der Waals surface area contributed by atoms with Crippen LogP contribution < -0.4 is 10.6 Å². The van der Waals surface area contributed by atoms with Gasteiger partial charge in [-0.2, -0.15) is 0 Å². The summed E-state index contributed by atoms with van der Waals surface area (Å²) in [6.45, 7) is 2.59. The fraction of sp³-hybridized carbons (Fsp3) is 0.240. The van der Waals surface area contributed by atoms with Crippen molar-refractivity contribution in [2.45, 2.75) is 32.4 Å². The van der Waals surface area contributed by atoms with Crippen LogP contribution in [0.15, 0.2) is 72.9 Å². The summed E-state index contributed by atoms with van der Waals surface area (Å²) in [4.78, 5) is 31.1. The lowest BCUT2D eigenvalue weighted by molar-refractivity contribution is -0.119. The first-order valence-electron chi connectivity index (χ1n) is 10.5. The van der Waals surface area contributed by atoms with E-state index in [1.807, 2.05) is 71.6 Å². The van der Waals surface area contributed by atoms with E-state index in [1.54, 1.807) is 6.20 Å². The molecule has 6 nitrogen and oxygen atoms in total. The summed E-state index contributed by atoms with van der Waals surface area (Å²) >= 11 is 0. The third kappa shape index (κ3) is 4.91. The summed E-state index contributed by atoms with van der Waals surface area (Å²) < 4.78 is 0. The smallest absolute Gasteiger partial charge is 0.256 e. The van der Waals surface area contributed by atoms with Crippen molar-refractivity contribution >= 4 is 23.2 Å². The summed E-state index contributed by atoms with van der Waals surface area (Å²) in [5, 5.41) is 6.15. The van der Waals surface area contributed by atoms with Crippen molar-refractivity contribution in [1.29, 1.82) is 0 Å². The van der Waals surface area contributed by atoms with Gasteiger partial charge in [0, 0.05) is 25.4 Å². The maximum atomic E-state index is 13.6. The van der Waals surface area contributed by atoms with Crippen LogP contribution in [0.3, 0.4) is 0 Å². The zero-order valence-electron chi connectivity index (χ0n) is 17.5. The molecule has 0 spiro atoms. The Morgan fingerprint density at radius 2 is 1.84 bits per heavy atom. The van der Waals surface area contributed by atoms with Crippen LogP contribution in [0.2, 0.25) is 0 Å². The molecule has 2 aromatic carbocycles. The number of benzene rings is 2. The van der Waals surface area contributed by atoms with Crippen molar-refractivity contribution < 1.29 is 9.59 Å². The molecule has 2 N–H and O–H groups in total. The van der Waals surface area contributed by atoms with E-state index in [9.17, 15) is 9.59 Å². The maximum absolute atomic E-state index is 13.6. The number of nitrogens with one attached hydrogen (secondary N) is 2. The van der Waals surface area contributed by atoms with E-state index in [1.165, 1.54) is 6.92 Å². The Kier molecular flexibility index (Phi) is 6.26. The number of likely N-dealkylation sites (tertiary alicyclic amines) is 1. The van der Waals surface area contributed by atoms with E-state index in [0.29, 0.717) is 18.7 Å². The molecule has 1 unspecified atom stereocenters. The molecule has 0 radical (unpaired) electrons. The number of carbonyl (C=O) groups excluding carboxylic acids is 2. The molecule has 2 heterocycles. The number of para-hydroxylation sites is 2. The fourth-order valence-electron chi connectivity index (χ4n) is 3.98. The van der Waals surface area contributed by atoms with Crippen LogP contribution >= 0.6 is 0 Å². The lowest BCUT2D eigenvalue weighted by Crippen LogP contribution is -2.31. The van der Waals surface area contributed by atoms with Gasteiger partial charge in [0.25, 0.3) is 5.91 Å². The molecule has 2 amide bonds. The van der Waals surface area contributed by atoms with Gasteiger partial charge in [-0.25, -0.2) is 0 Å². The first kappa shape index (κ1) is 20.6. The molecule has 1 aromatic heterocycles. The summed E-state index contributed by atoms with van der Waals surface area (Å²) in [6, 6.07) is 21.4. The van der Waals surface area contributed by atoms with E-state index < -0.39 is 0 Å². The molecule has 0 aliphatic carbocycles. The lowest BCUT2D eigenvalue weighted by Gasteiger charge is -2.26. The second kappa shape index (κ2) is 9.43. The summed E-state index contributed by atoms with van der Waals surface area (Å²) in [5.74, 6) is -0.0749. The Balaban J connectivity index is 1.57. The average molecular weight is 415 g/mol. The second-order valence-corrected chi connectivity index (χ2v) is 7.68. The van der Waals surface area contributed by atoms with Crippen LogP contribution in [0.1, 0.15) is 47.4 Å². The summed E-state index contributed by atoms with van der Waals surface area (Å²) in [6.07, 6.45) is 3.61. The summed E-state index contributed by atoms with van der Waals surface area (Å²) in [5.41, 5.74) is 4.24. The van der Waals surface area contributed by atoms with Gasteiger partial charge in [0.05, 0.1) is 29.5 Å².